The van der Waals surface area contributed by atoms with Gasteiger partial charge in [-0.05, 0) is 37.3 Å². The molecule has 0 heterocycles. The van der Waals surface area contributed by atoms with Gasteiger partial charge in [-0.1, -0.05) is 59.6 Å². The third-order valence-electron chi connectivity index (χ3n) is 4.00. The quantitative estimate of drug-likeness (QED) is 0.462. The third-order valence-corrected chi connectivity index (χ3v) is 4.59. The maximum atomic E-state index is 6.27. The highest BCUT2D eigenvalue weighted by Crippen LogP contribution is 2.33. The van der Waals surface area contributed by atoms with Crippen molar-refractivity contribution in [2.75, 3.05) is 11.9 Å². The maximum Gasteiger partial charge on any atom is 0.166 e. The van der Waals surface area contributed by atoms with Crippen LogP contribution in [0.2, 0.25) is 10.0 Å². The number of nitrogens with one attached hydrogen (secondary N) is 1. The summed E-state index contributed by atoms with van der Waals surface area (Å²) in [5.41, 5.74) is 2.93. The Morgan fingerprint density at radius 1 is 0.852 bits per heavy atom. The molecule has 27 heavy (non-hydrogen) atoms. The normalized spacial score (nSPS) is 10.5. The van der Waals surface area contributed by atoms with Crippen molar-refractivity contribution in [1.82, 2.24) is 0 Å². The van der Waals surface area contributed by atoms with E-state index in [0.717, 1.165) is 22.6 Å². The van der Waals surface area contributed by atoms with Crippen LogP contribution in [-0.2, 0) is 13.2 Å². The lowest BCUT2D eigenvalue weighted by atomic mass is 10.1. The minimum absolute atomic E-state index is 0.332. The van der Waals surface area contributed by atoms with E-state index in [-0.39, 0.29) is 0 Å². The number of hydrogen-bond donors (Lipinski definition) is 1. The lowest BCUT2D eigenvalue weighted by molar-refractivity contribution is 0.267. The summed E-state index contributed by atoms with van der Waals surface area (Å²) in [4.78, 5) is 0. The molecule has 3 aromatic rings. The molecule has 5 heteroatoms. The molecule has 0 aromatic heterocycles. The van der Waals surface area contributed by atoms with Crippen molar-refractivity contribution >= 4 is 28.9 Å². The average molecular weight is 402 g/mol. The van der Waals surface area contributed by atoms with Crippen LogP contribution in [0.25, 0.3) is 0 Å². The van der Waals surface area contributed by atoms with Gasteiger partial charge in [0.05, 0.1) is 6.61 Å². The van der Waals surface area contributed by atoms with E-state index >= 15 is 0 Å². The maximum absolute atomic E-state index is 6.27. The second-order valence-electron chi connectivity index (χ2n) is 5.92. The lowest BCUT2D eigenvalue weighted by Crippen LogP contribution is -2.06. The Labute approximate surface area is 169 Å². The molecule has 0 amide bonds. The van der Waals surface area contributed by atoms with Crippen LogP contribution >= 0.6 is 23.2 Å². The fourth-order valence-electron chi connectivity index (χ4n) is 2.68. The van der Waals surface area contributed by atoms with Gasteiger partial charge >= 0.3 is 0 Å². The van der Waals surface area contributed by atoms with Gasteiger partial charge in [0.15, 0.2) is 11.5 Å². The van der Waals surface area contributed by atoms with E-state index < -0.39 is 0 Å². The predicted octanol–water partition coefficient (Wildman–Crippen LogP) is 6.58. The number of anilines is 1. The molecule has 140 valence electrons. The summed E-state index contributed by atoms with van der Waals surface area (Å²) in [6.45, 7) is 3.47. The summed E-state index contributed by atoms with van der Waals surface area (Å²) in [7, 11) is 0. The van der Waals surface area contributed by atoms with Crippen LogP contribution in [0.15, 0.2) is 66.7 Å². The van der Waals surface area contributed by atoms with Crippen molar-refractivity contribution in [3.05, 3.63) is 87.9 Å². The highest BCUT2D eigenvalue weighted by atomic mass is 35.5. The Bertz CT molecular complexity index is 885. The molecule has 0 atom stereocenters. The molecular formula is C22H21Cl2NO2. The fraction of sp³-hybridized carbons (Fsp3) is 0.182. The minimum atomic E-state index is 0.332. The molecule has 3 aromatic carbocycles. The van der Waals surface area contributed by atoms with Crippen LogP contribution in [0.3, 0.4) is 0 Å². The van der Waals surface area contributed by atoms with E-state index in [9.17, 15) is 0 Å². The van der Waals surface area contributed by atoms with Crippen molar-refractivity contribution in [2.24, 2.45) is 0 Å². The van der Waals surface area contributed by atoms with Crippen molar-refractivity contribution in [1.29, 1.82) is 0 Å². The zero-order valence-electron chi connectivity index (χ0n) is 15.0. The van der Waals surface area contributed by atoms with Crippen LogP contribution in [0, 0.1) is 0 Å². The van der Waals surface area contributed by atoms with Gasteiger partial charge in [-0.3, -0.25) is 0 Å². The molecule has 3 nitrogen and oxygen atoms in total. The molecule has 0 radical (unpaired) electrons. The van der Waals surface area contributed by atoms with Crippen LogP contribution in [0.5, 0.6) is 11.5 Å². The van der Waals surface area contributed by atoms with Crippen molar-refractivity contribution in [3.8, 4) is 11.5 Å². The van der Waals surface area contributed by atoms with Gasteiger partial charge in [-0.2, -0.15) is 0 Å². The van der Waals surface area contributed by atoms with Gasteiger partial charge in [0.1, 0.15) is 6.61 Å². The summed E-state index contributed by atoms with van der Waals surface area (Å²) in [6, 6.07) is 21.3. The summed E-state index contributed by atoms with van der Waals surface area (Å²) < 4.78 is 11.9. The monoisotopic (exact) mass is 401 g/mol. The van der Waals surface area contributed by atoms with Crippen LogP contribution < -0.4 is 14.8 Å². The van der Waals surface area contributed by atoms with E-state index in [4.69, 9.17) is 32.7 Å². The molecule has 0 aliphatic heterocycles. The molecule has 1 N–H and O–H groups in total. The molecule has 0 saturated heterocycles. The zero-order valence-corrected chi connectivity index (χ0v) is 16.6. The van der Waals surface area contributed by atoms with Gasteiger partial charge in [0.25, 0.3) is 0 Å². The molecule has 0 saturated carbocycles. The number of benzene rings is 3. The summed E-state index contributed by atoms with van der Waals surface area (Å²) in [5.74, 6) is 1.43. The Morgan fingerprint density at radius 3 is 2.41 bits per heavy atom. The van der Waals surface area contributed by atoms with E-state index in [0.29, 0.717) is 35.6 Å². The van der Waals surface area contributed by atoms with Gasteiger partial charge in [0, 0.05) is 33.4 Å². The van der Waals surface area contributed by atoms with Crippen molar-refractivity contribution in [2.45, 2.75) is 20.1 Å². The molecule has 0 bridgehead atoms. The van der Waals surface area contributed by atoms with Gasteiger partial charge in [-0.25, -0.2) is 0 Å². The molecule has 0 fully saturated rings. The zero-order chi connectivity index (χ0) is 19.1. The second kappa shape index (κ2) is 9.54. The number of ether oxygens (including phenoxy) is 2. The highest BCUT2D eigenvalue weighted by Gasteiger charge is 2.12. The van der Waals surface area contributed by atoms with Gasteiger partial charge < -0.3 is 14.8 Å². The lowest BCUT2D eigenvalue weighted by Gasteiger charge is -2.17. The van der Waals surface area contributed by atoms with Crippen LogP contribution in [0.4, 0.5) is 5.69 Å². The molecular weight excluding hydrogens is 381 g/mol. The Kier molecular flexibility index (Phi) is 6.86. The molecule has 0 aliphatic carbocycles. The predicted molar refractivity (Wildman–Crippen MR) is 112 cm³/mol. The largest absolute Gasteiger partial charge is 0.490 e. The van der Waals surface area contributed by atoms with Crippen molar-refractivity contribution in [3.63, 3.8) is 0 Å². The van der Waals surface area contributed by atoms with E-state index in [1.807, 2.05) is 61.5 Å². The van der Waals surface area contributed by atoms with Crippen LogP contribution in [0.1, 0.15) is 18.1 Å². The van der Waals surface area contributed by atoms with Crippen LogP contribution in [-0.4, -0.2) is 6.61 Å². The van der Waals surface area contributed by atoms with E-state index in [1.165, 1.54) is 0 Å². The van der Waals surface area contributed by atoms with Gasteiger partial charge in [-0.15, -0.1) is 0 Å². The molecule has 0 unspecified atom stereocenters. The Balaban J connectivity index is 1.80. The Morgan fingerprint density at radius 2 is 1.67 bits per heavy atom. The SMILES string of the molecule is CCOc1cccc(CNc2ccccc2)c1OCc1ccc(Cl)cc1Cl. The molecule has 0 spiro atoms. The highest BCUT2D eigenvalue weighted by molar-refractivity contribution is 6.35. The third kappa shape index (κ3) is 5.31. The standard InChI is InChI=1S/C22H21Cl2NO2/c1-2-26-21-10-6-7-16(14-25-19-8-4-3-5-9-19)22(21)27-15-17-11-12-18(23)13-20(17)24/h3-13,25H,2,14-15H2,1H3. The first-order chi connectivity index (χ1) is 13.2. The summed E-state index contributed by atoms with van der Waals surface area (Å²) >= 11 is 12.2. The number of hydrogen-bond acceptors (Lipinski definition) is 3. The first-order valence-electron chi connectivity index (χ1n) is 8.77. The van der Waals surface area contributed by atoms with E-state index in [2.05, 4.69) is 5.32 Å². The molecule has 0 aliphatic rings. The molecule has 3 rings (SSSR count). The number of halogens is 2. The Hall–Kier alpha value is -2.36. The average Bonchev–Trinajstić information content (AvgIpc) is 2.68. The van der Waals surface area contributed by atoms with Gasteiger partial charge in [0.2, 0.25) is 0 Å². The topological polar surface area (TPSA) is 30.5 Å². The van der Waals surface area contributed by atoms with Crippen molar-refractivity contribution < 1.29 is 9.47 Å². The van der Waals surface area contributed by atoms with E-state index in [1.54, 1.807) is 12.1 Å². The minimum Gasteiger partial charge on any atom is -0.490 e. The number of para-hydroxylation sites is 2. The first kappa shape index (κ1) is 19.4. The first-order valence-corrected chi connectivity index (χ1v) is 9.53. The fourth-order valence-corrected chi connectivity index (χ4v) is 3.14. The summed E-state index contributed by atoms with van der Waals surface area (Å²) in [5, 5.41) is 4.60. The number of rotatable bonds is 8. The summed E-state index contributed by atoms with van der Waals surface area (Å²) in [6.07, 6.45) is 0. The second-order valence-corrected chi connectivity index (χ2v) is 6.77. The smallest absolute Gasteiger partial charge is 0.166 e.